The highest BCUT2D eigenvalue weighted by Gasteiger charge is 2.18. The predicted octanol–water partition coefficient (Wildman–Crippen LogP) is 4.12. The van der Waals surface area contributed by atoms with Crippen LogP contribution in [0.2, 0.25) is 0 Å². The van der Waals surface area contributed by atoms with Gasteiger partial charge in [-0.3, -0.25) is 14.5 Å². The van der Waals surface area contributed by atoms with Crippen molar-refractivity contribution in [3.05, 3.63) is 76.3 Å². The predicted molar refractivity (Wildman–Crippen MR) is 107 cm³/mol. The van der Waals surface area contributed by atoms with Gasteiger partial charge in [0, 0.05) is 30.4 Å². The molecule has 0 bridgehead atoms. The van der Waals surface area contributed by atoms with Crippen LogP contribution in [0.3, 0.4) is 0 Å². The molecule has 0 atom stereocenters. The molecule has 0 saturated heterocycles. The van der Waals surface area contributed by atoms with Crippen molar-refractivity contribution in [3.63, 3.8) is 0 Å². The third-order valence-corrected chi connectivity index (χ3v) is 4.18. The Hall–Kier alpha value is -3.11. The first-order chi connectivity index (χ1) is 13.1. The van der Waals surface area contributed by atoms with E-state index in [1.54, 1.807) is 31.4 Å². The van der Waals surface area contributed by atoms with Gasteiger partial charge in [-0.2, -0.15) is 0 Å². The fourth-order valence-electron chi connectivity index (χ4n) is 2.65. The number of nitro groups is 1. The zero-order valence-corrected chi connectivity index (χ0v) is 15.8. The third kappa shape index (κ3) is 5.69. The molecule has 0 spiro atoms. The quantitative estimate of drug-likeness (QED) is 0.269. The summed E-state index contributed by atoms with van der Waals surface area (Å²) < 4.78 is 11.1. The standard InChI is InChI=1S/C21H25N2O4/c1-4-6-13-22(18-7-9-19(10-8-18)23(24)25)14-15-27-21-12-11-20(26-3)16-17(21)5-2/h5,7-10,12,16H,2,4,6,13-15H2,1,3H3/q+1. The normalized spacial score (nSPS) is 14.5. The minimum absolute atomic E-state index is 0.0924. The molecule has 1 aromatic carbocycles. The molecular weight excluding hydrogens is 344 g/mol. The lowest BCUT2D eigenvalue weighted by Gasteiger charge is -2.22. The molecule has 142 valence electrons. The number of nitro benzene ring substituents is 1. The van der Waals surface area contributed by atoms with E-state index in [-0.39, 0.29) is 10.6 Å². The summed E-state index contributed by atoms with van der Waals surface area (Å²) in [7, 11) is 1.59. The first-order valence-electron chi connectivity index (χ1n) is 8.93. The molecule has 0 heterocycles. The Bertz CT molecular complexity index is 800. The average molecular weight is 369 g/mol. The van der Waals surface area contributed by atoms with Gasteiger partial charge in [0.1, 0.15) is 6.54 Å². The summed E-state index contributed by atoms with van der Waals surface area (Å²) in [5.41, 5.74) is 4.90. The molecule has 0 amide bonds. The zero-order chi connectivity index (χ0) is 19.6. The average Bonchev–Trinajstić information content (AvgIpc) is 2.70. The van der Waals surface area contributed by atoms with E-state index >= 15 is 0 Å². The van der Waals surface area contributed by atoms with Gasteiger partial charge < -0.3 is 9.64 Å². The summed E-state index contributed by atoms with van der Waals surface area (Å²) in [6.45, 7) is 7.94. The summed E-state index contributed by atoms with van der Waals surface area (Å²) in [6, 6.07) is 6.63. The van der Waals surface area contributed by atoms with Crippen LogP contribution < -0.4 is 4.90 Å². The van der Waals surface area contributed by atoms with Crippen molar-refractivity contribution in [2.24, 2.45) is 0 Å². The summed E-state index contributed by atoms with van der Waals surface area (Å²) in [5, 5.41) is 10.8. The number of methoxy groups -OCH3 is 1. The van der Waals surface area contributed by atoms with E-state index in [0.717, 1.165) is 30.6 Å². The number of non-ortho nitro benzene ring substituents is 1. The number of rotatable bonds is 10. The summed E-state index contributed by atoms with van der Waals surface area (Å²) >= 11 is 0. The number of benzene rings is 1. The Morgan fingerprint density at radius 3 is 2.67 bits per heavy atom. The number of hydrogen-bond acceptors (Lipinski definition) is 4. The van der Waals surface area contributed by atoms with Crippen LogP contribution in [0.25, 0.3) is 0 Å². The monoisotopic (exact) mass is 369 g/mol. The molecule has 0 radical (unpaired) electrons. The molecule has 2 rings (SSSR count). The second-order valence-electron chi connectivity index (χ2n) is 5.99. The SMILES string of the molecule is C=CC1=CC(OC)=C=CC1=[O+]CCN(CCCC)c1ccc([N+](=O)[O-])cc1. The highest BCUT2D eigenvalue weighted by molar-refractivity contribution is 6.07. The Kier molecular flexibility index (Phi) is 7.59. The number of unbranched alkanes of at least 4 members (excludes halogenated alkanes) is 1. The van der Waals surface area contributed by atoms with Gasteiger partial charge in [0.15, 0.2) is 5.76 Å². The van der Waals surface area contributed by atoms with E-state index in [1.165, 1.54) is 12.1 Å². The molecule has 6 nitrogen and oxygen atoms in total. The maximum absolute atomic E-state index is 10.8. The van der Waals surface area contributed by atoms with E-state index in [0.29, 0.717) is 24.7 Å². The molecular formula is C21H25N2O4+. The highest BCUT2D eigenvalue weighted by Crippen LogP contribution is 2.20. The van der Waals surface area contributed by atoms with E-state index < -0.39 is 0 Å². The van der Waals surface area contributed by atoms with Crippen LogP contribution in [0.4, 0.5) is 11.4 Å². The van der Waals surface area contributed by atoms with Crippen molar-refractivity contribution >= 4 is 17.2 Å². The van der Waals surface area contributed by atoms with Crippen LogP contribution in [-0.4, -0.2) is 37.5 Å². The lowest BCUT2D eigenvalue weighted by molar-refractivity contribution is -0.452. The lowest BCUT2D eigenvalue weighted by Crippen LogP contribution is -2.28. The van der Waals surface area contributed by atoms with E-state index in [9.17, 15) is 10.1 Å². The topological polar surface area (TPSA) is 66.9 Å². The molecule has 27 heavy (non-hydrogen) atoms. The molecule has 0 fully saturated rings. The number of allylic oxidation sites excluding steroid dienone is 3. The Balaban J connectivity index is 2.10. The fourth-order valence-corrected chi connectivity index (χ4v) is 2.65. The lowest BCUT2D eigenvalue weighted by atomic mass is 10.1. The molecule has 0 saturated carbocycles. The second kappa shape index (κ2) is 10.1. The van der Waals surface area contributed by atoms with Gasteiger partial charge in [0.25, 0.3) is 12.3 Å². The van der Waals surface area contributed by atoms with Gasteiger partial charge in [-0.05, 0) is 18.6 Å². The van der Waals surface area contributed by atoms with Crippen LogP contribution >= 0.6 is 0 Å². The minimum Gasteiger partial charge on any atom is -0.489 e. The number of nitrogens with zero attached hydrogens (tertiary/aromatic N) is 2. The van der Waals surface area contributed by atoms with E-state index in [4.69, 9.17) is 9.16 Å². The molecule has 1 aromatic rings. The minimum atomic E-state index is -0.389. The highest BCUT2D eigenvalue weighted by atomic mass is 16.6. The van der Waals surface area contributed by atoms with Crippen LogP contribution in [-0.2, 0) is 9.16 Å². The van der Waals surface area contributed by atoms with Gasteiger partial charge in [-0.25, -0.2) is 0 Å². The van der Waals surface area contributed by atoms with E-state index in [1.807, 2.05) is 6.08 Å². The van der Waals surface area contributed by atoms with Gasteiger partial charge in [-0.1, -0.05) is 31.7 Å². The smallest absolute Gasteiger partial charge is 0.358 e. The number of ether oxygens (including phenoxy) is 1. The molecule has 1 aliphatic carbocycles. The van der Waals surface area contributed by atoms with E-state index in [2.05, 4.69) is 24.1 Å². The number of anilines is 1. The molecule has 0 aliphatic heterocycles. The van der Waals surface area contributed by atoms with Crippen molar-refractivity contribution in [2.75, 3.05) is 31.7 Å². The Morgan fingerprint density at radius 1 is 1.33 bits per heavy atom. The van der Waals surface area contributed by atoms with Gasteiger partial charge in [0.2, 0.25) is 0 Å². The number of ketones is 1. The maximum atomic E-state index is 10.8. The van der Waals surface area contributed by atoms with Crippen molar-refractivity contribution in [3.8, 4) is 0 Å². The number of carbonyl (C=O) groups excluding carboxylic acids is 1. The van der Waals surface area contributed by atoms with Crippen LogP contribution in [0.5, 0.6) is 0 Å². The number of hydrogen-bond donors (Lipinski definition) is 0. The Labute approximate surface area is 159 Å². The maximum Gasteiger partial charge on any atom is 0.358 e. The first-order valence-corrected chi connectivity index (χ1v) is 8.93. The first kappa shape index (κ1) is 20.2. The second-order valence-corrected chi connectivity index (χ2v) is 5.99. The van der Waals surface area contributed by atoms with Gasteiger partial charge >= 0.3 is 5.78 Å². The van der Waals surface area contributed by atoms with Gasteiger partial charge in [0.05, 0.1) is 23.7 Å². The molecule has 0 aromatic heterocycles. The van der Waals surface area contributed by atoms with Crippen LogP contribution in [0, 0.1) is 10.1 Å². The van der Waals surface area contributed by atoms with Crippen molar-refractivity contribution in [1.29, 1.82) is 0 Å². The van der Waals surface area contributed by atoms with Crippen molar-refractivity contribution in [2.45, 2.75) is 19.8 Å². The molecule has 1 aliphatic rings. The van der Waals surface area contributed by atoms with Crippen molar-refractivity contribution < 1.29 is 14.1 Å². The zero-order valence-electron chi connectivity index (χ0n) is 15.8. The summed E-state index contributed by atoms with van der Waals surface area (Å²) in [4.78, 5) is 12.6. The summed E-state index contributed by atoms with van der Waals surface area (Å²) in [5.74, 6) is 1.33. The fraction of sp³-hybridized carbons (Fsp3) is 0.333. The van der Waals surface area contributed by atoms with Crippen LogP contribution in [0.15, 0.2) is 66.1 Å². The molecule has 0 N–H and O–H groups in total. The van der Waals surface area contributed by atoms with Gasteiger partial charge in [-0.15, -0.1) is 0 Å². The van der Waals surface area contributed by atoms with Crippen molar-refractivity contribution in [1.82, 2.24) is 0 Å². The molecule has 0 unspecified atom stereocenters. The largest absolute Gasteiger partial charge is 0.489 e. The van der Waals surface area contributed by atoms with Crippen LogP contribution in [0.1, 0.15) is 19.8 Å². The summed E-state index contributed by atoms with van der Waals surface area (Å²) in [6.07, 6.45) is 7.39. The molecule has 6 heteroatoms. The Morgan fingerprint density at radius 2 is 2.07 bits per heavy atom. The third-order valence-electron chi connectivity index (χ3n) is 4.18.